The number of carbonyl (C=O) groups is 1. The van der Waals surface area contributed by atoms with Crippen LogP contribution in [-0.2, 0) is 16.8 Å². The van der Waals surface area contributed by atoms with Gasteiger partial charge in [0.2, 0.25) is 0 Å². The minimum atomic E-state index is -6.66. The summed E-state index contributed by atoms with van der Waals surface area (Å²) in [5.41, 5.74) is 1.43. The lowest BCUT2D eigenvalue weighted by Gasteiger charge is -2.36. The second-order valence-electron chi connectivity index (χ2n) is 9.12. The third kappa shape index (κ3) is 4.84. The zero-order valence-corrected chi connectivity index (χ0v) is 19.6. The van der Waals surface area contributed by atoms with E-state index in [2.05, 4.69) is 4.74 Å². The molecule has 0 atom stereocenters. The number of rotatable bonds is 7. The SMILES string of the molecule is CCCCCc1cc(OC(=O)C(F)(F)C(F)(F)C(F)(F)F)c2c(c1)OC(C)(C)c1ccc(C)cc1-2. The summed E-state index contributed by atoms with van der Waals surface area (Å²) in [6.07, 6.45) is -3.85. The van der Waals surface area contributed by atoms with Gasteiger partial charge in [-0.05, 0) is 56.9 Å². The topological polar surface area (TPSA) is 35.5 Å². The van der Waals surface area contributed by atoms with Crippen LogP contribution in [0.2, 0.25) is 0 Å². The van der Waals surface area contributed by atoms with Crippen molar-refractivity contribution in [1.29, 1.82) is 0 Å². The number of ether oxygens (including phenoxy) is 2. The van der Waals surface area contributed by atoms with Crippen molar-refractivity contribution in [2.24, 2.45) is 0 Å². The monoisotopic (exact) mass is 506 g/mol. The van der Waals surface area contributed by atoms with Gasteiger partial charge >= 0.3 is 24.0 Å². The highest BCUT2D eigenvalue weighted by Crippen LogP contribution is 2.52. The maximum absolute atomic E-state index is 14.1. The van der Waals surface area contributed by atoms with Gasteiger partial charge in [-0.1, -0.05) is 43.5 Å². The number of halogens is 7. The summed E-state index contributed by atoms with van der Waals surface area (Å²) < 4.78 is 104. The lowest BCUT2D eigenvalue weighted by molar-refractivity contribution is -0.346. The summed E-state index contributed by atoms with van der Waals surface area (Å²) in [6, 6.07) is 8.02. The molecule has 0 aliphatic carbocycles. The van der Waals surface area contributed by atoms with E-state index in [0.29, 0.717) is 29.5 Å². The van der Waals surface area contributed by atoms with Gasteiger partial charge in [0, 0.05) is 5.56 Å². The van der Waals surface area contributed by atoms with Crippen molar-refractivity contribution in [3.8, 4) is 22.6 Å². The van der Waals surface area contributed by atoms with Crippen molar-refractivity contribution < 1.29 is 45.0 Å². The summed E-state index contributed by atoms with van der Waals surface area (Å²) in [5.74, 6) is -16.2. The number of esters is 1. The molecule has 0 bridgehead atoms. The quantitative estimate of drug-likeness (QED) is 0.167. The Bertz CT molecular complexity index is 1120. The second-order valence-corrected chi connectivity index (χ2v) is 9.12. The van der Waals surface area contributed by atoms with Gasteiger partial charge in [0.05, 0.1) is 5.56 Å². The molecule has 0 unspecified atom stereocenters. The molecule has 1 heterocycles. The lowest BCUT2D eigenvalue weighted by Crippen LogP contribution is -2.57. The molecule has 192 valence electrons. The molecule has 2 aromatic rings. The Morgan fingerprint density at radius 1 is 1.00 bits per heavy atom. The fraction of sp³-hybridized carbons (Fsp3) is 0.480. The first-order valence-corrected chi connectivity index (χ1v) is 11.0. The largest absolute Gasteiger partial charge is 0.482 e. The first-order valence-electron chi connectivity index (χ1n) is 11.0. The number of hydrogen-bond acceptors (Lipinski definition) is 3. The fourth-order valence-corrected chi connectivity index (χ4v) is 3.98. The standard InChI is InChI=1S/C25H25F7O3/c1-5-6-7-8-15-12-18(34-21(33)23(26,27)24(28,29)25(30,31)32)20-16-11-14(2)9-10-17(16)22(3,4)35-19(20)13-15/h9-13H,5-8H2,1-4H3. The summed E-state index contributed by atoms with van der Waals surface area (Å²) in [4.78, 5) is 12.1. The predicted octanol–water partition coefficient (Wildman–Crippen LogP) is 7.76. The second kappa shape index (κ2) is 9.02. The van der Waals surface area contributed by atoms with E-state index in [9.17, 15) is 35.5 Å². The van der Waals surface area contributed by atoms with Crippen molar-refractivity contribution in [1.82, 2.24) is 0 Å². The fourth-order valence-electron chi connectivity index (χ4n) is 3.98. The van der Waals surface area contributed by atoms with Gasteiger partial charge in [-0.3, -0.25) is 0 Å². The zero-order valence-electron chi connectivity index (χ0n) is 19.6. The number of fused-ring (bicyclic) bond motifs is 3. The Morgan fingerprint density at radius 2 is 1.66 bits per heavy atom. The highest BCUT2D eigenvalue weighted by molar-refractivity contribution is 5.88. The Morgan fingerprint density at radius 3 is 2.26 bits per heavy atom. The van der Waals surface area contributed by atoms with Gasteiger partial charge in [0.15, 0.2) is 0 Å². The van der Waals surface area contributed by atoms with E-state index < -0.39 is 35.3 Å². The molecule has 1 aliphatic rings. The Labute approximate surface area is 198 Å². The smallest absolute Gasteiger partial charge is 0.460 e. The zero-order chi connectivity index (χ0) is 26.4. The van der Waals surface area contributed by atoms with E-state index in [4.69, 9.17) is 4.74 Å². The summed E-state index contributed by atoms with van der Waals surface area (Å²) in [6.45, 7) is 7.24. The number of unbranched alkanes of at least 4 members (excludes halogenated alkanes) is 2. The molecule has 0 saturated heterocycles. The van der Waals surface area contributed by atoms with Crippen LogP contribution in [0.25, 0.3) is 11.1 Å². The molecule has 0 spiro atoms. The number of benzene rings is 2. The molecular weight excluding hydrogens is 481 g/mol. The van der Waals surface area contributed by atoms with E-state index in [1.165, 1.54) is 6.07 Å². The molecule has 3 nitrogen and oxygen atoms in total. The van der Waals surface area contributed by atoms with Crippen molar-refractivity contribution in [3.05, 3.63) is 47.0 Å². The first kappa shape index (κ1) is 26.8. The molecule has 0 fully saturated rings. The number of hydrogen-bond donors (Lipinski definition) is 0. The highest BCUT2D eigenvalue weighted by atomic mass is 19.4. The predicted molar refractivity (Wildman–Crippen MR) is 115 cm³/mol. The van der Waals surface area contributed by atoms with E-state index in [1.807, 2.05) is 6.92 Å². The van der Waals surface area contributed by atoms with Crippen LogP contribution >= 0.6 is 0 Å². The van der Waals surface area contributed by atoms with Crippen molar-refractivity contribution in [2.45, 2.75) is 77.0 Å². The minimum Gasteiger partial charge on any atom is -0.482 e. The molecule has 0 saturated carbocycles. The van der Waals surface area contributed by atoms with E-state index in [1.54, 1.807) is 45.0 Å². The number of carbonyl (C=O) groups excluding carboxylic acids is 1. The molecule has 35 heavy (non-hydrogen) atoms. The Hall–Kier alpha value is -2.78. The van der Waals surface area contributed by atoms with Gasteiger partial charge in [-0.2, -0.15) is 30.7 Å². The molecule has 10 heteroatoms. The van der Waals surface area contributed by atoms with Crippen LogP contribution in [0.1, 0.15) is 56.7 Å². The molecule has 2 aromatic carbocycles. The average Bonchev–Trinajstić information content (AvgIpc) is 2.72. The summed E-state index contributed by atoms with van der Waals surface area (Å²) >= 11 is 0. The summed E-state index contributed by atoms with van der Waals surface area (Å²) in [5, 5.41) is 0. The molecule has 3 rings (SSSR count). The first-order chi connectivity index (χ1) is 16.0. The molecular formula is C25H25F7O3. The number of aryl methyl sites for hydroxylation is 2. The number of alkyl halides is 7. The normalized spacial score (nSPS) is 15.2. The van der Waals surface area contributed by atoms with Gasteiger partial charge in [-0.25, -0.2) is 4.79 Å². The van der Waals surface area contributed by atoms with Gasteiger partial charge in [-0.15, -0.1) is 0 Å². The van der Waals surface area contributed by atoms with Gasteiger partial charge in [0.1, 0.15) is 17.1 Å². The molecule has 0 amide bonds. The van der Waals surface area contributed by atoms with Crippen molar-refractivity contribution >= 4 is 5.97 Å². The molecule has 0 N–H and O–H groups in total. The lowest BCUT2D eigenvalue weighted by atomic mass is 9.84. The van der Waals surface area contributed by atoms with Gasteiger partial charge < -0.3 is 9.47 Å². The van der Waals surface area contributed by atoms with Crippen LogP contribution in [0, 0.1) is 6.92 Å². The molecule has 1 aliphatic heterocycles. The van der Waals surface area contributed by atoms with Crippen LogP contribution in [0.5, 0.6) is 11.5 Å². The van der Waals surface area contributed by atoms with Crippen LogP contribution in [0.15, 0.2) is 30.3 Å². The highest BCUT2D eigenvalue weighted by Gasteiger charge is 2.77. The van der Waals surface area contributed by atoms with E-state index >= 15 is 0 Å². The third-order valence-corrected chi connectivity index (χ3v) is 5.86. The van der Waals surface area contributed by atoms with E-state index in [0.717, 1.165) is 18.4 Å². The average molecular weight is 506 g/mol. The Kier molecular flexibility index (Phi) is 6.91. The molecule has 0 radical (unpaired) electrons. The third-order valence-electron chi connectivity index (χ3n) is 5.86. The van der Waals surface area contributed by atoms with E-state index in [-0.39, 0.29) is 11.3 Å². The van der Waals surface area contributed by atoms with Crippen molar-refractivity contribution in [3.63, 3.8) is 0 Å². The molecule has 0 aromatic heterocycles. The van der Waals surface area contributed by atoms with Crippen molar-refractivity contribution in [2.75, 3.05) is 0 Å². The Balaban J connectivity index is 2.16. The van der Waals surface area contributed by atoms with Crippen LogP contribution in [0.3, 0.4) is 0 Å². The van der Waals surface area contributed by atoms with Crippen LogP contribution in [-0.4, -0.2) is 24.0 Å². The minimum absolute atomic E-state index is 0.0294. The van der Waals surface area contributed by atoms with Crippen LogP contribution in [0.4, 0.5) is 30.7 Å². The maximum atomic E-state index is 14.1. The maximum Gasteiger partial charge on any atom is 0.460 e. The summed E-state index contributed by atoms with van der Waals surface area (Å²) in [7, 11) is 0. The van der Waals surface area contributed by atoms with Gasteiger partial charge in [0.25, 0.3) is 0 Å². The van der Waals surface area contributed by atoms with Crippen LogP contribution < -0.4 is 9.47 Å².